The van der Waals surface area contributed by atoms with E-state index in [-0.39, 0.29) is 5.78 Å². The summed E-state index contributed by atoms with van der Waals surface area (Å²) in [4.78, 5) is 29.2. The molecule has 1 aliphatic rings. The molecule has 0 N–H and O–H groups in total. The molecule has 0 aromatic heterocycles. The monoisotopic (exact) mass is 336 g/mol. The summed E-state index contributed by atoms with van der Waals surface area (Å²) < 4.78 is 0. The average Bonchev–Trinajstić information content (AvgIpc) is 2.87. The molecule has 0 atom stereocenters. The van der Waals surface area contributed by atoms with Gasteiger partial charge < -0.3 is 9.74 Å². The van der Waals surface area contributed by atoms with Crippen LogP contribution in [0.15, 0.2) is 17.3 Å². The summed E-state index contributed by atoms with van der Waals surface area (Å²) in [5.41, 5.74) is 4.12. The van der Waals surface area contributed by atoms with Gasteiger partial charge in [0.1, 0.15) is 5.78 Å². The van der Waals surface area contributed by atoms with Crippen LogP contribution in [0.25, 0.3) is 0 Å². The van der Waals surface area contributed by atoms with Gasteiger partial charge in [0, 0.05) is 43.6 Å². The summed E-state index contributed by atoms with van der Waals surface area (Å²) in [6, 6.07) is 4.02. The van der Waals surface area contributed by atoms with Gasteiger partial charge in [0.25, 0.3) is 0 Å². The number of hydrogen-bond acceptors (Lipinski definition) is 5. The van der Waals surface area contributed by atoms with Crippen LogP contribution < -0.4 is 4.90 Å². The topological polar surface area (TPSA) is 59.0 Å². The molecular formula is C17H21ClN2O3. The first-order chi connectivity index (χ1) is 11.0. The zero-order valence-electron chi connectivity index (χ0n) is 13.5. The van der Waals surface area contributed by atoms with Crippen molar-refractivity contribution < 1.29 is 14.4 Å². The third kappa shape index (κ3) is 4.79. The molecule has 2 rings (SSSR count). The third-order valence-electron chi connectivity index (χ3n) is 3.63. The largest absolute Gasteiger partial charge is 0.370 e. The van der Waals surface area contributed by atoms with Crippen LogP contribution in [0.3, 0.4) is 0 Å². The summed E-state index contributed by atoms with van der Waals surface area (Å²) in [5, 5.41) is 3.74. The Morgan fingerprint density at radius 2 is 2.17 bits per heavy atom. The lowest BCUT2D eigenvalue weighted by Crippen LogP contribution is -2.23. The highest BCUT2D eigenvalue weighted by Gasteiger charge is 2.22. The van der Waals surface area contributed by atoms with Crippen molar-refractivity contribution in [2.24, 2.45) is 5.16 Å². The molecule has 0 amide bonds. The minimum atomic E-state index is -0.461. The number of alkyl halides is 1. The zero-order valence-corrected chi connectivity index (χ0v) is 14.2. The lowest BCUT2D eigenvalue weighted by atomic mass is 10.00. The lowest BCUT2D eigenvalue weighted by molar-refractivity contribution is -0.140. The fraction of sp³-hybridized carbons (Fsp3) is 0.471. The van der Waals surface area contributed by atoms with Gasteiger partial charge in [0.15, 0.2) is 0 Å². The maximum absolute atomic E-state index is 11.4. The molecule has 1 aliphatic heterocycles. The Labute approximate surface area is 141 Å². The van der Waals surface area contributed by atoms with Crippen LogP contribution in [-0.4, -0.2) is 36.9 Å². The number of anilines is 1. The second kappa shape index (κ2) is 8.11. The fourth-order valence-corrected chi connectivity index (χ4v) is 2.97. The van der Waals surface area contributed by atoms with E-state index in [0.29, 0.717) is 12.3 Å². The van der Waals surface area contributed by atoms with Crippen LogP contribution in [-0.2, 0) is 27.3 Å². The van der Waals surface area contributed by atoms with Crippen LogP contribution in [0, 0.1) is 0 Å². The first-order valence-electron chi connectivity index (χ1n) is 7.68. The van der Waals surface area contributed by atoms with Gasteiger partial charge in [-0.2, -0.15) is 0 Å². The van der Waals surface area contributed by atoms with Crippen LogP contribution >= 0.6 is 11.6 Å². The number of hydrogen-bond donors (Lipinski definition) is 0. The van der Waals surface area contributed by atoms with Crippen LogP contribution in [0.2, 0.25) is 0 Å². The molecule has 23 heavy (non-hydrogen) atoms. The van der Waals surface area contributed by atoms with Gasteiger partial charge in [0.05, 0.1) is 6.21 Å². The highest BCUT2D eigenvalue weighted by molar-refractivity contribution is 6.17. The molecule has 1 aromatic carbocycles. The van der Waals surface area contributed by atoms with Crippen molar-refractivity contribution in [1.29, 1.82) is 0 Å². The number of carbonyl (C=O) groups is 2. The molecular weight excluding hydrogens is 316 g/mol. The number of halogens is 1. The minimum Gasteiger partial charge on any atom is -0.370 e. The number of carbonyl (C=O) groups excluding carboxylic acids is 2. The molecule has 0 aliphatic carbocycles. The molecule has 6 heteroatoms. The highest BCUT2D eigenvalue weighted by atomic mass is 35.5. The first-order valence-corrected chi connectivity index (χ1v) is 8.22. The number of benzene rings is 1. The second-order valence-electron chi connectivity index (χ2n) is 5.67. The Balaban J connectivity index is 2.34. The van der Waals surface area contributed by atoms with Crippen LogP contribution in [0.4, 0.5) is 5.69 Å². The fourth-order valence-electron chi connectivity index (χ4n) is 2.85. The predicted molar refractivity (Wildman–Crippen MR) is 91.4 cm³/mol. The van der Waals surface area contributed by atoms with Gasteiger partial charge in [-0.15, -0.1) is 11.6 Å². The first kappa shape index (κ1) is 17.5. The standard InChI is InChI=1S/C17H21ClN2O3/c1-12(21)8-14-9-15-4-7-20(6-3-5-18)17(15)16(10-14)11-19-23-13(2)22/h9-11H,3-8H2,1-2H3/b19-11+. The van der Waals surface area contributed by atoms with Gasteiger partial charge in [-0.25, -0.2) is 4.79 Å². The van der Waals surface area contributed by atoms with Crippen molar-refractivity contribution in [3.8, 4) is 0 Å². The average molecular weight is 337 g/mol. The Morgan fingerprint density at radius 1 is 1.39 bits per heavy atom. The molecule has 0 saturated carbocycles. The summed E-state index contributed by atoms with van der Waals surface area (Å²) in [7, 11) is 0. The Kier molecular flexibility index (Phi) is 6.16. The molecule has 0 radical (unpaired) electrons. The minimum absolute atomic E-state index is 0.116. The maximum atomic E-state index is 11.4. The summed E-state index contributed by atoms with van der Waals surface area (Å²) >= 11 is 5.80. The number of ketones is 1. The quantitative estimate of drug-likeness (QED) is 0.332. The van der Waals surface area contributed by atoms with Gasteiger partial charge in [-0.1, -0.05) is 11.2 Å². The van der Waals surface area contributed by atoms with Crippen LogP contribution in [0.1, 0.15) is 37.0 Å². The number of rotatable bonds is 7. The Hall–Kier alpha value is -1.88. The zero-order chi connectivity index (χ0) is 16.8. The van der Waals surface area contributed by atoms with Crippen LogP contribution in [0.5, 0.6) is 0 Å². The molecule has 0 spiro atoms. The summed E-state index contributed by atoms with van der Waals surface area (Å²) in [6.45, 7) is 4.68. The molecule has 0 unspecified atom stereocenters. The molecule has 0 fully saturated rings. The Morgan fingerprint density at radius 3 is 2.83 bits per heavy atom. The molecule has 5 nitrogen and oxygen atoms in total. The van der Waals surface area contributed by atoms with Crippen molar-refractivity contribution in [2.75, 3.05) is 23.9 Å². The Bertz CT molecular complexity index is 629. The molecule has 124 valence electrons. The molecule has 0 bridgehead atoms. The van der Waals surface area contributed by atoms with E-state index in [2.05, 4.69) is 21.0 Å². The third-order valence-corrected chi connectivity index (χ3v) is 3.90. The van der Waals surface area contributed by atoms with E-state index in [1.807, 2.05) is 6.07 Å². The van der Waals surface area contributed by atoms with Crippen molar-refractivity contribution >= 4 is 35.3 Å². The van der Waals surface area contributed by atoms with Gasteiger partial charge in [-0.05, 0) is 37.0 Å². The number of nitrogens with zero attached hydrogens (tertiary/aromatic N) is 2. The van der Waals surface area contributed by atoms with E-state index < -0.39 is 5.97 Å². The van der Waals surface area contributed by atoms with E-state index >= 15 is 0 Å². The normalized spacial score (nSPS) is 13.4. The number of fused-ring (bicyclic) bond motifs is 1. The SMILES string of the molecule is CC(=O)Cc1cc(/C=N/OC(C)=O)c2c(c1)CCN2CCCCl. The van der Waals surface area contributed by atoms with Gasteiger partial charge in [-0.3, -0.25) is 4.79 Å². The molecule has 1 heterocycles. The van der Waals surface area contributed by atoms with Crippen molar-refractivity contribution in [3.05, 3.63) is 28.8 Å². The molecule has 1 aromatic rings. The smallest absolute Gasteiger partial charge is 0.331 e. The molecule has 0 saturated heterocycles. The highest BCUT2D eigenvalue weighted by Crippen LogP contribution is 2.33. The van der Waals surface area contributed by atoms with E-state index in [1.54, 1.807) is 13.1 Å². The second-order valence-corrected chi connectivity index (χ2v) is 6.05. The number of oxime groups is 1. The van der Waals surface area contributed by atoms with Gasteiger partial charge >= 0.3 is 5.97 Å². The van der Waals surface area contributed by atoms with Crippen molar-refractivity contribution in [1.82, 2.24) is 0 Å². The van der Waals surface area contributed by atoms with Crippen molar-refractivity contribution in [3.63, 3.8) is 0 Å². The maximum Gasteiger partial charge on any atom is 0.331 e. The van der Waals surface area contributed by atoms with Crippen molar-refractivity contribution in [2.45, 2.75) is 33.1 Å². The summed E-state index contributed by atoms with van der Waals surface area (Å²) in [5.74, 6) is 0.270. The van der Waals surface area contributed by atoms with E-state index in [9.17, 15) is 9.59 Å². The van der Waals surface area contributed by atoms with E-state index in [4.69, 9.17) is 11.6 Å². The van der Waals surface area contributed by atoms with E-state index in [0.717, 1.165) is 42.7 Å². The summed E-state index contributed by atoms with van der Waals surface area (Å²) in [6.07, 6.45) is 3.76. The van der Waals surface area contributed by atoms with E-state index in [1.165, 1.54) is 12.5 Å². The predicted octanol–water partition coefficient (Wildman–Crippen LogP) is 2.71. The van der Waals surface area contributed by atoms with Gasteiger partial charge in [0.2, 0.25) is 0 Å². The number of Topliss-reactive ketones (excluding diaryl/α,β-unsaturated/α-hetero) is 1. The lowest BCUT2D eigenvalue weighted by Gasteiger charge is -2.21.